The fourth-order valence-corrected chi connectivity index (χ4v) is 1.74. The number of carbonyl (C=O) groups is 1. The summed E-state index contributed by atoms with van der Waals surface area (Å²) >= 11 is 0. The molecule has 3 rings (SSSR count). The van der Waals surface area contributed by atoms with E-state index in [2.05, 4.69) is 15.5 Å². The highest BCUT2D eigenvalue weighted by Crippen LogP contribution is 2.28. The maximum Gasteiger partial charge on any atom is 0.185 e. The molecule has 0 fully saturated rings. The van der Waals surface area contributed by atoms with Crippen LogP contribution in [-0.2, 0) is 0 Å². The molecule has 0 aliphatic heterocycles. The predicted molar refractivity (Wildman–Crippen MR) is 62.2 cm³/mol. The van der Waals surface area contributed by atoms with Crippen LogP contribution >= 0.6 is 0 Å². The Morgan fingerprint density at radius 2 is 2.16 bits per heavy atom. The summed E-state index contributed by atoms with van der Waals surface area (Å²) in [4.78, 5) is 10.6. The van der Waals surface area contributed by atoms with Gasteiger partial charge in [0, 0.05) is 5.56 Å². The molecule has 2 heterocycles. The molecule has 0 aliphatic carbocycles. The lowest BCUT2D eigenvalue weighted by molar-refractivity contribution is 0.110. The van der Waals surface area contributed by atoms with E-state index in [-0.39, 0.29) is 5.76 Å². The van der Waals surface area contributed by atoms with Gasteiger partial charge in [0.1, 0.15) is 17.9 Å². The summed E-state index contributed by atoms with van der Waals surface area (Å²) in [5.41, 5.74) is 1.01. The topological polar surface area (TPSA) is 73.8 Å². The average molecular weight is 258 g/mol. The van der Waals surface area contributed by atoms with E-state index in [1.807, 2.05) is 0 Å². The fraction of sp³-hybridized carbons (Fsp3) is 0. The summed E-state index contributed by atoms with van der Waals surface area (Å²) in [7, 11) is 0. The molecule has 19 heavy (non-hydrogen) atoms. The number of furan rings is 1. The molecule has 0 unspecified atom stereocenters. The number of aromatic nitrogens is 4. The molecule has 7 heteroatoms. The zero-order valence-electron chi connectivity index (χ0n) is 9.52. The Hall–Kier alpha value is -2.83. The van der Waals surface area contributed by atoms with Crippen molar-refractivity contribution in [2.75, 3.05) is 0 Å². The highest BCUT2D eigenvalue weighted by atomic mass is 19.1. The van der Waals surface area contributed by atoms with Gasteiger partial charge in [0.05, 0.1) is 5.69 Å². The number of hydrogen-bond acceptors (Lipinski definition) is 5. The zero-order valence-corrected chi connectivity index (χ0v) is 9.52. The Labute approximate surface area is 106 Å². The molecule has 0 radical (unpaired) electrons. The van der Waals surface area contributed by atoms with Crippen molar-refractivity contribution >= 4 is 6.29 Å². The summed E-state index contributed by atoms with van der Waals surface area (Å²) in [6.07, 6.45) is 1.97. The molecular formula is C12H7FN4O2. The summed E-state index contributed by atoms with van der Waals surface area (Å²) in [5, 5.41) is 10.8. The second-order valence-electron chi connectivity index (χ2n) is 3.74. The van der Waals surface area contributed by atoms with Crippen LogP contribution < -0.4 is 0 Å². The number of hydrogen-bond donors (Lipinski definition) is 0. The minimum atomic E-state index is -0.420. The summed E-state index contributed by atoms with van der Waals surface area (Å²) in [6, 6.07) is 7.22. The van der Waals surface area contributed by atoms with E-state index in [0.717, 1.165) is 0 Å². The predicted octanol–water partition coefficient (Wildman–Crippen LogP) is 1.87. The quantitative estimate of drug-likeness (QED) is 0.670. The van der Waals surface area contributed by atoms with Gasteiger partial charge >= 0.3 is 0 Å². The van der Waals surface area contributed by atoms with Crippen LogP contribution in [0, 0.1) is 5.82 Å². The van der Waals surface area contributed by atoms with Crippen molar-refractivity contribution in [1.82, 2.24) is 20.2 Å². The third kappa shape index (κ3) is 2.01. The Morgan fingerprint density at radius 3 is 2.84 bits per heavy atom. The van der Waals surface area contributed by atoms with Gasteiger partial charge in [-0.2, -0.15) is 4.68 Å². The Bertz CT molecular complexity index is 721. The summed E-state index contributed by atoms with van der Waals surface area (Å²) < 4.78 is 20.1. The molecule has 3 aromatic rings. The van der Waals surface area contributed by atoms with Gasteiger partial charge in [-0.05, 0) is 40.8 Å². The molecule has 0 N–H and O–H groups in total. The third-order valence-electron chi connectivity index (χ3n) is 2.56. The van der Waals surface area contributed by atoms with Gasteiger partial charge in [-0.15, -0.1) is 5.10 Å². The van der Waals surface area contributed by atoms with E-state index < -0.39 is 5.82 Å². The molecule has 94 valence electrons. The second-order valence-corrected chi connectivity index (χ2v) is 3.74. The zero-order chi connectivity index (χ0) is 13.2. The largest absolute Gasteiger partial charge is 0.453 e. The van der Waals surface area contributed by atoms with Crippen LogP contribution in [0.1, 0.15) is 10.6 Å². The Balaban J connectivity index is 2.18. The molecule has 0 amide bonds. The van der Waals surface area contributed by atoms with Crippen molar-refractivity contribution in [2.45, 2.75) is 0 Å². The molecule has 0 atom stereocenters. The number of halogens is 1. The van der Waals surface area contributed by atoms with Gasteiger partial charge in [0.15, 0.2) is 12.0 Å². The number of tetrazole rings is 1. The van der Waals surface area contributed by atoms with E-state index in [9.17, 15) is 9.18 Å². The molecule has 0 spiro atoms. The SMILES string of the molecule is O=Cc1ccc(-c2cc(F)ccc2-n2cnnn2)o1. The monoisotopic (exact) mass is 258 g/mol. The Morgan fingerprint density at radius 1 is 1.26 bits per heavy atom. The van der Waals surface area contributed by atoms with Crippen LogP contribution in [0.15, 0.2) is 41.1 Å². The van der Waals surface area contributed by atoms with E-state index in [4.69, 9.17) is 4.42 Å². The number of nitrogens with zero attached hydrogens (tertiary/aromatic N) is 4. The summed E-state index contributed by atoms with van der Waals surface area (Å²) in [6.45, 7) is 0. The van der Waals surface area contributed by atoms with Crippen LogP contribution in [0.3, 0.4) is 0 Å². The van der Waals surface area contributed by atoms with Crippen LogP contribution in [-0.4, -0.2) is 26.5 Å². The maximum atomic E-state index is 13.4. The minimum absolute atomic E-state index is 0.168. The molecule has 0 aliphatic rings. The molecule has 0 bridgehead atoms. The molecule has 6 nitrogen and oxygen atoms in total. The normalized spacial score (nSPS) is 10.6. The number of carbonyl (C=O) groups excluding carboxylic acids is 1. The lowest BCUT2D eigenvalue weighted by atomic mass is 10.1. The first-order chi connectivity index (χ1) is 9.28. The lowest BCUT2D eigenvalue weighted by Crippen LogP contribution is -1.98. The first kappa shape index (κ1) is 11.3. The van der Waals surface area contributed by atoms with Crippen molar-refractivity contribution in [2.24, 2.45) is 0 Å². The standard InChI is InChI=1S/C12H7FN4O2/c13-8-1-3-11(17-7-14-15-16-17)10(5-8)12-4-2-9(6-18)19-12/h1-7H. The van der Waals surface area contributed by atoms with Crippen molar-refractivity contribution in [1.29, 1.82) is 0 Å². The van der Waals surface area contributed by atoms with Crippen LogP contribution in [0.5, 0.6) is 0 Å². The van der Waals surface area contributed by atoms with Gasteiger partial charge in [-0.3, -0.25) is 4.79 Å². The second kappa shape index (κ2) is 4.45. The lowest BCUT2D eigenvalue weighted by Gasteiger charge is -2.06. The first-order valence-electron chi connectivity index (χ1n) is 5.36. The highest BCUT2D eigenvalue weighted by molar-refractivity contribution is 5.75. The van der Waals surface area contributed by atoms with Gasteiger partial charge in [0.25, 0.3) is 0 Å². The summed E-state index contributed by atoms with van der Waals surface area (Å²) in [5.74, 6) is 0.116. The maximum absolute atomic E-state index is 13.4. The van der Waals surface area contributed by atoms with Crippen LogP contribution in [0.2, 0.25) is 0 Å². The molecule has 2 aromatic heterocycles. The third-order valence-corrected chi connectivity index (χ3v) is 2.56. The van der Waals surface area contributed by atoms with E-state index >= 15 is 0 Å². The van der Waals surface area contributed by atoms with Gasteiger partial charge in [0.2, 0.25) is 0 Å². The molecule has 1 aromatic carbocycles. The number of rotatable bonds is 3. The van der Waals surface area contributed by atoms with Crippen molar-refractivity contribution in [3.05, 3.63) is 48.2 Å². The highest BCUT2D eigenvalue weighted by Gasteiger charge is 2.13. The van der Waals surface area contributed by atoms with E-state index in [1.165, 1.54) is 35.3 Å². The molecule has 0 saturated heterocycles. The van der Waals surface area contributed by atoms with E-state index in [1.54, 1.807) is 6.07 Å². The molecule has 0 saturated carbocycles. The van der Waals surface area contributed by atoms with E-state index in [0.29, 0.717) is 23.3 Å². The van der Waals surface area contributed by atoms with Crippen LogP contribution in [0.4, 0.5) is 4.39 Å². The van der Waals surface area contributed by atoms with Gasteiger partial charge in [-0.1, -0.05) is 0 Å². The smallest absolute Gasteiger partial charge is 0.185 e. The number of aldehydes is 1. The number of benzene rings is 1. The molecular weight excluding hydrogens is 251 g/mol. The van der Waals surface area contributed by atoms with Crippen molar-refractivity contribution < 1.29 is 13.6 Å². The minimum Gasteiger partial charge on any atom is -0.453 e. The Kier molecular flexibility index (Phi) is 2.64. The first-order valence-corrected chi connectivity index (χ1v) is 5.36. The van der Waals surface area contributed by atoms with Crippen molar-refractivity contribution in [3.63, 3.8) is 0 Å². The van der Waals surface area contributed by atoms with Gasteiger partial charge in [-0.25, -0.2) is 4.39 Å². The van der Waals surface area contributed by atoms with Gasteiger partial charge < -0.3 is 4.42 Å². The average Bonchev–Trinajstić information content (AvgIpc) is 3.10. The van der Waals surface area contributed by atoms with Crippen LogP contribution in [0.25, 0.3) is 17.0 Å². The van der Waals surface area contributed by atoms with Crippen molar-refractivity contribution in [3.8, 4) is 17.0 Å². The fourth-order valence-electron chi connectivity index (χ4n) is 1.74.